The van der Waals surface area contributed by atoms with Crippen molar-refractivity contribution < 1.29 is 19.8 Å². The molecule has 0 aromatic carbocycles. The highest BCUT2D eigenvalue weighted by Crippen LogP contribution is 2.25. The maximum atomic E-state index is 11.1. The van der Waals surface area contributed by atoms with Crippen molar-refractivity contribution in [1.82, 2.24) is 0 Å². The Labute approximate surface area is 173 Å². The number of aliphatic carboxylic acids is 2. The second kappa shape index (κ2) is 18.0. The van der Waals surface area contributed by atoms with E-state index in [2.05, 4.69) is 6.92 Å². The van der Waals surface area contributed by atoms with Crippen LogP contribution in [0.4, 0.5) is 0 Å². The lowest BCUT2D eigenvalue weighted by Gasteiger charge is -2.19. The molecule has 0 spiro atoms. The minimum Gasteiger partial charge on any atom is -0.480 e. The van der Waals surface area contributed by atoms with E-state index in [4.69, 9.17) is 10.2 Å². The molecule has 0 aromatic heterocycles. The zero-order valence-corrected chi connectivity index (χ0v) is 18.6. The largest absolute Gasteiger partial charge is 0.480 e. The van der Waals surface area contributed by atoms with Crippen LogP contribution < -0.4 is 0 Å². The fourth-order valence-electron chi connectivity index (χ4n) is 3.69. The Bertz CT molecular complexity index is 378. The monoisotopic (exact) mass is 398 g/mol. The molecule has 0 aliphatic carbocycles. The lowest BCUT2D eigenvalue weighted by atomic mass is 9.85. The van der Waals surface area contributed by atoms with Gasteiger partial charge in [0, 0.05) is 0 Å². The minimum atomic E-state index is -1.63. The zero-order chi connectivity index (χ0) is 21.1. The van der Waals surface area contributed by atoms with Crippen molar-refractivity contribution in [3.05, 3.63) is 0 Å². The van der Waals surface area contributed by atoms with Gasteiger partial charge in [-0.1, -0.05) is 122 Å². The van der Waals surface area contributed by atoms with E-state index >= 15 is 0 Å². The molecule has 166 valence electrons. The second-order valence-electron chi connectivity index (χ2n) is 8.70. The smallest absolute Gasteiger partial charge is 0.320 e. The molecule has 2 N–H and O–H groups in total. The van der Waals surface area contributed by atoms with E-state index in [-0.39, 0.29) is 6.42 Å². The summed E-state index contributed by atoms with van der Waals surface area (Å²) in [6, 6.07) is 0. The quantitative estimate of drug-likeness (QED) is 0.154. The summed E-state index contributed by atoms with van der Waals surface area (Å²) in [4.78, 5) is 22.2. The van der Waals surface area contributed by atoms with E-state index in [0.29, 0.717) is 6.42 Å². The van der Waals surface area contributed by atoms with Gasteiger partial charge in [0.2, 0.25) is 0 Å². The number of unbranched alkanes of at least 4 members (excludes halogenated alkanes) is 17. The molecule has 0 unspecified atom stereocenters. The Morgan fingerprint density at radius 1 is 0.536 bits per heavy atom. The van der Waals surface area contributed by atoms with Crippen molar-refractivity contribution >= 4 is 11.9 Å². The zero-order valence-electron chi connectivity index (χ0n) is 18.6. The van der Waals surface area contributed by atoms with Gasteiger partial charge in [0.05, 0.1) is 0 Å². The topological polar surface area (TPSA) is 74.6 Å². The van der Waals surface area contributed by atoms with Gasteiger partial charge in [-0.3, -0.25) is 9.59 Å². The molecule has 0 aliphatic rings. The molecular formula is C24H46O4. The maximum absolute atomic E-state index is 11.1. The average molecular weight is 399 g/mol. The number of hydrogen-bond donors (Lipinski definition) is 2. The number of hydrogen-bond acceptors (Lipinski definition) is 2. The highest BCUT2D eigenvalue weighted by Gasteiger charge is 2.40. The number of carboxylic acid groups (broad SMARTS) is 2. The highest BCUT2D eigenvalue weighted by molar-refractivity contribution is 5.97. The first-order valence-electron chi connectivity index (χ1n) is 11.9. The summed E-state index contributed by atoms with van der Waals surface area (Å²) in [5.41, 5.74) is -1.63. The van der Waals surface area contributed by atoms with Crippen molar-refractivity contribution in [3.63, 3.8) is 0 Å². The predicted octanol–water partition coefficient (Wildman–Crippen LogP) is 7.59. The van der Waals surface area contributed by atoms with Crippen LogP contribution >= 0.6 is 0 Å². The molecule has 0 saturated heterocycles. The third-order valence-electron chi connectivity index (χ3n) is 5.97. The van der Waals surface area contributed by atoms with Crippen LogP contribution in [-0.4, -0.2) is 22.2 Å². The molecule has 0 atom stereocenters. The molecule has 0 aromatic rings. The number of carboxylic acids is 2. The summed E-state index contributed by atoms with van der Waals surface area (Å²) in [7, 11) is 0. The van der Waals surface area contributed by atoms with Crippen LogP contribution in [0.1, 0.15) is 136 Å². The maximum Gasteiger partial charge on any atom is 0.320 e. The van der Waals surface area contributed by atoms with Crippen LogP contribution in [0.15, 0.2) is 0 Å². The Morgan fingerprint density at radius 3 is 1.04 bits per heavy atom. The summed E-state index contributed by atoms with van der Waals surface area (Å²) in [6.45, 7) is 3.58. The average Bonchev–Trinajstić information content (AvgIpc) is 2.66. The van der Waals surface area contributed by atoms with Gasteiger partial charge in [-0.15, -0.1) is 0 Å². The van der Waals surface area contributed by atoms with Crippen molar-refractivity contribution in [3.8, 4) is 0 Å². The van der Waals surface area contributed by atoms with Crippen LogP contribution in [0.5, 0.6) is 0 Å². The van der Waals surface area contributed by atoms with Gasteiger partial charge in [-0.05, 0) is 13.3 Å². The first kappa shape index (κ1) is 26.9. The van der Waals surface area contributed by atoms with Gasteiger partial charge in [0.25, 0.3) is 0 Å². The summed E-state index contributed by atoms with van der Waals surface area (Å²) >= 11 is 0. The van der Waals surface area contributed by atoms with Gasteiger partial charge in [0.1, 0.15) is 0 Å². The normalized spacial score (nSPS) is 11.6. The molecular weight excluding hydrogens is 352 g/mol. The molecule has 0 amide bonds. The fourth-order valence-corrected chi connectivity index (χ4v) is 3.69. The van der Waals surface area contributed by atoms with Crippen molar-refractivity contribution in [2.24, 2.45) is 5.41 Å². The molecule has 0 fully saturated rings. The first-order valence-corrected chi connectivity index (χ1v) is 11.9. The first-order chi connectivity index (χ1) is 13.4. The van der Waals surface area contributed by atoms with E-state index in [0.717, 1.165) is 12.8 Å². The number of rotatable bonds is 21. The van der Waals surface area contributed by atoms with Crippen LogP contribution in [0.25, 0.3) is 0 Å². The van der Waals surface area contributed by atoms with E-state index in [1.54, 1.807) is 0 Å². The van der Waals surface area contributed by atoms with Gasteiger partial charge in [-0.2, -0.15) is 0 Å². The minimum absolute atomic E-state index is 0.219. The van der Waals surface area contributed by atoms with E-state index < -0.39 is 17.4 Å². The Kier molecular flexibility index (Phi) is 17.3. The van der Waals surface area contributed by atoms with Crippen molar-refractivity contribution in [2.45, 2.75) is 136 Å². The molecule has 28 heavy (non-hydrogen) atoms. The van der Waals surface area contributed by atoms with Crippen molar-refractivity contribution in [2.75, 3.05) is 0 Å². The van der Waals surface area contributed by atoms with Gasteiger partial charge in [0.15, 0.2) is 5.41 Å². The molecule has 0 rings (SSSR count). The Hall–Kier alpha value is -1.06. The summed E-state index contributed by atoms with van der Waals surface area (Å²) in [5, 5.41) is 18.1. The van der Waals surface area contributed by atoms with Crippen LogP contribution in [-0.2, 0) is 9.59 Å². The molecule has 0 aliphatic heterocycles. The second-order valence-corrected chi connectivity index (χ2v) is 8.70. The lowest BCUT2D eigenvalue weighted by Crippen LogP contribution is -2.36. The predicted molar refractivity (Wildman–Crippen MR) is 117 cm³/mol. The van der Waals surface area contributed by atoms with Crippen LogP contribution in [0.3, 0.4) is 0 Å². The third-order valence-corrected chi connectivity index (χ3v) is 5.97. The number of carbonyl (C=O) groups is 2. The highest BCUT2D eigenvalue weighted by atomic mass is 16.4. The van der Waals surface area contributed by atoms with E-state index in [1.165, 1.54) is 103 Å². The molecule has 0 bridgehead atoms. The van der Waals surface area contributed by atoms with Crippen molar-refractivity contribution in [1.29, 1.82) is 0 Å². The molecule has 4 nitrogen and oxygen atoms in total. The van der Waals surface area contributed by atoms with Gasteiger partial charge < -0.3 is 10.2 Å². The summed E-state index contributed by atoms with van der Waals surface area (Å²) < 4.78 is 0. The standard InChI is InChI=1S/C24H46O4/c1-3-4-5-6-7-8-9-10-11-12-13-14-15-16-17-18-19-20-21-24(2,22(25)26)23(27)28/h3-21H2,1-2H3,(H,25,26)(H,27,28). The summed E-state index contributed by atoms with van der Waals surface area (Å²) in [5.74, 6) is -2.46. The molecule has 4 heteroatoms. The molecule has 0 heterocycles. The SMILES string of the molecule is CCCCCCCCCCCCCCCCCCCCC(C)(C(=O)O)C(=O)O. The van der Waals surface area contributed by atoms with Gasteiger partial charge in [-0.25, -0.2) is 0 Å². The van der Waals surface area contributed by atoms with Gasteiger partial charge >= 0.3 is 11.9 Å². The lowest BCUT2D eigenvalue weighted by molar-refractivity contribution is -0.163. The van der Waals surface area contributed by atoms with E-state index in [1.807, 2.05) is 0 Å². The molecule has 0 saturated carbocycles. The summed E-state index contributed by atoms with van der Waals surface area (Å²) in [6.07, 6.45) is 23.3. The molecule has 0 radical (unpaired) electrons. The Morgan fingerprint density at radius 2 is 0.786 bits per heavy atom. The van der Waals surface area contributed by atoms with Crippen LogP contribution in [0, 0.1) is 5.41 Å². The van der Waals surface area contributed by atoms with E-state index in [9.17, 15) is 9.59 Å². The fraction of sp³-hybridized carbons (Fsp3) is 0.917. The Balaban J connectivity index is 3.30. The van der Waals surface area contributed by atoms with Crippen LogP contribution in [0.2, 0.25) is 0 Å². The third kappa shape index (κ3) is 14.0.